The van der Waals surface area contributed by atoms with Crippen molar-refractivity contribution >= 4 is 10.8 Å². The van der Waals surface area contributed by atoms with Crippen LogP contribution in [0.4, 0.5) is 0 Å². The van der Waals surface area contributed by atoms with Crippen LogP contribution in [0.1, 0.15) is 12.0 Å². The van der Waals surface area contributed by atoms with Crippen molar-refractivity contribution < 1.29 is 5.11 Å². The fourth-order valence-corrected chi connectivity index (χ4v) is 2.59. The summed E-state index contributed by atoms with van der Waals surface area (Å²) in [7, 11) is 0. The van der Waals surface area contributed by atoms with Gasteiger partial charge >= 0.3 is 0 Å². The minimum absolute atomic E-state index is 0.145. The van der Waals surface area contributed by atoms with Gasteiger partial charge in [-0.3, -0.25) is 0 Å². The molecule has 0 saturated carbocycles. The van der Waals surface area contributed by atoms with Crippen LogP contribution in [-0.4, -0.2) is 11.7 Å². The van der Waals surface area contributed by atoms with Gasteiger partial charge in [0.25, 0.3) is 0 Å². The Morgan fingerprint density at radius 2 is 1.83 bits per heavy atom. The maximum Gasteiger partial charge on any atom is 0.0565 e. The van der Waals surface area contributed by atoms with Gasteiger partial charge in [0.1, 0.15) is 0 Å². The summed E-state index contributed by atoms with van der Waals surface area (Å²) in [4.78, 5) is 0. The average molecular weight is 236 g/mol. The zero-order valence-corrected chi connectivity index (χ0v) is 10.2. The molecule has 18 heavy (non-hydrogen) atoms. The fraction of sp³-hybridized carbons (Fsp3) is 0.176. The molecule has 3 rings (SSSR count). The molecule has 0 spiro atoms. The Labute approximate surface area is 107 Å². The molecule has 1 heteroatoms. The van der Waals surface area contributed by atoms with Crippen molar-refractivity contribution in [1.29, 1.82) is 0 Å². The summed E-state index contributed by atoms with van der Waals surface area (Å²) >= 11 is 0. The van der Waals surface area contributed by atoms with E-state index in [-0.39, 0.29) is 12.0 Å². The van der Waals surface area contributed by atoms with Crippen LogP contribution in [0.25, 0.3) is 10.8 Å². The van der Waals surface area contributed by atoms with Gasteiger partial charge in [-0.15, -0.1) is 0 Å². The summed E-state index contributed by atoms with van der Waals surface area (Å²) in [6.07, 6.45) is 9.14. The molecule has 1 nitrogen and oxygen atoms in total. The zero-order chi connectivity index (χ0) is 12.4. The first-order chi connectivity index (χ1) is 8.84. The summed E-state index contributed by atoms with van der Waals surface area (Å²) in [6.45, 7) is 0.145. The number of hydrogen-bond donors (Lipinski definition) is 1. The van der Waals surface area contributed by atoms with Gasteiger partial charge in [-0.25, -0.2) is 0 Å². The number of rotatable bonds is 2. The Kier molecular flexibility index (Phi) is 2.77. The van der Waals surface area contributed by atoms with Gasteiger partial charge in [-0.1, -0.05) is 66.8 Å². The first-order valence-electron chi connectivity index (χ1n) is 6.29. The quantitative estimate of drug-likeness (QED) is 0.845. The van der Waals surface area contributed by atoms with E-state index in [2.05, 4.69) is 42.5 Å². The largest absolute Gasteiger partial charge is 0.395 e. The van der Waals surface area contributed by atoms with Crippen LogP contribution in [-0.2, 0) is 5.41 Å². The first-order valence-corrected chi connectivity index (χ1v) is 6.29. The minimum atomic E-state index is -0.251. The first kappa shape index (κ1) is 11.2. The molecule has 0 bridgehead atoms. The molecule has 0 aromatic heterocycles. The van der Waals surface area contributed by atoms with Crippen molar-refractivity contribution in [3.8, 4) is 0 Å². The topological polar surface area (TPSA) is 20.2 Å². The van der Waals surface area contributed by atoms with Crippen molar-refractivity contribution in [3.05, 3.63) is 72.3 Å². The number of fused-ring (bicyclic) bond motifs is 1. The molecule has 1 unspecified atom stereocenters. The Balaban J connectivity index is 2.13. The number of benzene rings is 2. The molecule has 1 aliphatic rings. The Morgan fingerprint density at radius 3 is 2.56 bits per heavy atom. The van der Waals surface area contributed by atoms with E-state index in [1.54, 1.807) is 0 Å². The molecule has 1 N–H and O–H groups in total. The van der Waals surface area contributed by atoms with Crippen LogP contribution < -0.4 is 0 Å². The van der Waals surface area contributed by atoms with E-state index >= 15 is 0 Å². The maximum atomic E-state index is 9.78. The lowest BCUT2D eigenvalue weighted by molar-refractivity contribution is 0.225. The van der Waals surface area contributed by atoms with Crippen molar-refractivity contribution in [3.63, 3.8) is 0 Å². The molecule has 0 heterocycles. The van der Waals surface area contributed by atoms with Crippen molar-refractivity contribution in [2.24, 2.45) is 0 Å². The average Bonchev–Trinajstić information content (AvgIpc) is 2.47. The highest BCUT2D eigenvalue weighted by Gasteiger charge is 2.28. The van der Waals surface area contributed by atoms with E-state index in [0.29, 0.717) is 0 Å². The van der Waals surface area contributed by atoms with Gasteiger partial charge in [-0.05, 0) is 22.8 Å². The van der Waals surface area contributed by atoms with E-state index in [9.17, 15) is 5.11 Å². The standard InChI is InChI=1S/C17H16O/c18-13-17(10-4-1-5-11-17)16-9-8-14-6-2-3-7-15(14)12-16/h1-10,12,18H,11,13H2. The van der Waals surface area contributed by atoms with Crippen LogP contribution >= 0.6 is 0 Å². The highest BCUT2D eigenvalue weighted by molar-refractivity contribution is 5.83. The summed E-state index contributed by atoms with van der Waals surface area (Å²) in [5.41, 5.74) is 0.933. The third-order valence-corrected chi connectivity index (χ3v) is 3.75. The van der Waals surface area contributed by atoms with Gasteiger partial charge in [-0.2, -0.15) is 0 Å². The molecular weight excluding hydrogens is 220 g/mol. The van der Waals surface area contributed by atoms with Crippen molar-refractivity contribution in [1.82, 2.24) is 0 Å². The predicted molar refractivity (Wildman–Crippen MR) is 75.6 cm³/mol. The lowest BCUT2D eigenvalue weighted by atomic mass is 9.76. The molecule has 1 aliphatic carbocycles. The maximum absolute atomic E-state index is 9.78. The minimum Gasteiger partial charge on any atom is -0.395 e. The van der Waals surface area contributed by atoms with Gasteiger partial charge in [0.05, 0.1) is 6.61 Å². The smallest absolute Gasteiger partial charge is 0.0565 e. The number of allylic oxidation sites excluding steroid dienone is 3. The van der Waals surface area contributed by atoms with Gasteiger partial charge < -0.3 is 5.11 Å². The summed E-state index contributed by atoms with van der Waals surface area (Å²) in [6, 6.07) is 14.8. The van der Waals surface area contributed by atoms with Crippen LogP contribution in [0.15, 0.2) is 66.8 Å². The fourth-order valence-electron chi connectivity index (χ4n) is 2.59. The zero-order valence-electron chi connectivity index (χ0n) is 10.2. The highest BCUT2D eigenvalue weighted by atomic mass is 16.3. The molecule has 2 aromatic carbocycles. The second kappa shape index (κ2) is 4.43. The van der Waals surface area contributed by atoms with Crippen molar-refractivity contribution in [2.45, 2.75) is 11.8 Å². The van der Waals surface area contributed by atoms with E-state index in [1.165, 1.54) is 16.3 Å². The number of hydrogen-bond acceptors (Lipinski definition) is 1. The van der Waals surface area contributed by atoms with Crippen LogP contribution in [0, 0.1) is 0 Å². The molecule has 0 radical (unpaired) electrons. The molecule has 0 fully saturated rings. The lowest BCUT2D eigenvalue weighted by Crippen LogP contribution is -2.28. The monoisotopic (exact) mass is 236 g/mol. The van der Waals surface area contributed by atoms with Gasteiger partial charge in [0.15, 0.2) is 0 Å². The third kappa shape index (κ3) is 1.77. The van der Waals surface area contributed by atoms with E-state index < -0.39 is 0 Å². The second-order valence-electron chi connectivity index (χ2n) is 4.87. The van der Waals surface area contributed by atoms with E-state index in [1.807, 2.05) is 24.3 Å². The summed E-state index contributed by atoms with van der Waals surface area (Å²) in [5.74, 6) is 0. The molecule has 90 valence electrons. The number of aliphatic hydroxyl groups is 1. The van der Waals surface area contributed by atoms with E-state index in [4.69, 9.17) is 0 Å². The molecule has 2 aromatic rings. The second-order valence-corrected chi connectivity index (χ2v) is 4.87. The Hall–Kier alpha value is -1.86. The molecular formula is C17H16O. The number of aliphatic hydroxyl groups excluding tert-OH is 1. The van der Waals surface area contributed by atoms with Gasteiger partial charge in [0, 0.05) is 5.41 Å². The molecule has 0 saturated heterocycles. The van der Waals surface area contributed by atoms with Crippen LogP contribution in [0.3, 0.4) is 0 Å². The SMILES string of the molecule is OCC1(c2ccc3ccccc3c2)C=CC=CC1. The summed E-state index contributed by atoms with van der Waals surface area (Å²) in [5, 5.41) is 12.2. The van der Waals surface area contributed by atoms with Gasteiger partial charge in [0.2, 0.25) is 0 Å². The third-order valence-electron chi connectivity index (χ3n) is 3.75. The van der Waals surface area contributed by atoms with Crippen molar-refractivity contribution in [2.75, 3.05) is 6.61 Å². The lowest BCUT2D eigenvalue weighted by Gasteiger charge is -2.30. The molecule has 0 aliphatic heterocycles. The molecule has 1 atom stereocenters. The van der Waals surface area contributed by atoms with Crippen LogP contribution in [0.2, 0.25) is 0 Å². The Bertz CT molecular complexity index is 624. The highest BCUT2D eigenvalue weighted by Crippen LogP contribution is 2.33. The van der Waals surface area contributed by atoms with Crippen LogP contribution in [0.5, 0.6) is 0 Å². The normalized spacial score (nSPS) is 22.5. The Morgan fingerprint density at radius 1 is 1.00 bits per heavy atom. The predicted octanol–water partition coefficient (Wildman–Crippen LogP) is 3.59. The van der Waals surface area contributed by atoms with E-state index in [0.717, 1.165) is 6.42 Å². The summed E-state index contributed by atoms with van der Waals surface area (Å²) < 4.78 is 0. The molecule has 0 amide bonds.